The van der Waals surface area contributed by atoms with Crippen molar-refractivity contribution < 1.29 is 9.53 Å². The van der Waals surface area contributed by atoms with E-state index in [1.165, 1.54) is 0 Å². The van der Waals surface area contributed by atoms with E-state index in [4.69, 9.17) is 16.2 Å². The molecule has 1 amide bonds. The van der Waals surface area contributed by atoms with Crippen molar-refractivity contribution in [2.24, 2.45) is 16.5 Å². The first-order valence-corrected chi connectivity index (χ1v) is 5.74. The third kappa shape index (κ3) is 2.49. The summed E-state index contributed by atoms with van der Waals surface area (Å²) in [6.07, 6.45) is 0. The standard InChI is InChI=1S/C14H15N3O2/c1-8-11-6-4-10(19-2)7-9(11)3-5-12(8)13(18)17-14(15)16/h3-7H,1-2H3,(H4,15,16,17,18). The van der Waals surface area contributed by atoms with Crippen LogP contribution in [0, 0.1) is 6.92 Å². The largest absolute Gasteiger partial charge is 0.497 e. The molecule has 0 bridgehead atoms. The molecule has 2 aromatic rings. The van der Waals surface area contributed by atoms with Gasteiger partial charge in [0.2, 0.25) is 0 Å². The number of aliphatic imine (C=N–C) groups is 1. The number of hydrogen-bond donors (Lipinski definition) is 2. The van der Waals surface area contributed by atoms with Gasteiger partial charge in [0.25, 0.3) is 5.91 Å². The van der Waals surface area contributed by atoms with Crippen molar-refractivity contribution >= 4 is 22.6 Å². The van der Waals surface area contributed by atoms with Gasteiger partial charge in [0.05, 0.1) is 7.11 Å². The van der Waals surface area contributed by atoms with E-state index in [1.54, 1.807) is 13.2 Å². The normalized spacial score (nSPS) is 10.2. The van der Waals surface area contributed by atoms with E-state index < -0.39 is 5.91 Å². The number of methoxy groups -OCH3 is 1. The molecule has 0 aliphatic carbocycles. The maximum atomic E-state index is 11.9. The summed E-state index contributed by atoms with van der Waals surface area (Å²) in [5, 5.41) is 1.97. The number of fused-ring (bicyclic) bond motifs is 1. The molecule has 0 aliphatic heterocycles. The highest BCUT2D eigenvalue weighted by Gasteiger charge is 2.11. The van der Waals surface area contributed by atoms with Crippen molar-refractivity contribution in [3.05, 3.63) is 41.5 Å². The molecule has 0 radical (unpaired) electrons. The minimum absolute atomic E-state index is 0.237. The monoisotopic (exact) mass is 257 g/mol. The Kier molecular flexibility index (Phi) is 3.37. The van der Waals surface area contributed by atoms with Crippen molar-refractivity contribution in [3.8, 4) is 5.75 Å². The highest BCUT2D eigenvalue weighted by atomic mass is 16.5. The second-order valence-corrected chi connectivity index (χ2v) is 4.17. The van der Waals surface area contributed by atoms with Gasteiger partial charge >= 0.3 is 0 Å². The third-order valence-corrected chi connectivity index (χ3v) is 2.96. The summed E-state index contributed by atoms with van der Waals surface area (Å²) in [5.41, 5.74) is 11.8. The number of amides is 1. The lowest BCUT2D eigenvalue weighted by molar-refractivity contribution is 0.100. The lowest BCUT2D eigenvalue weighted by atomic mass is 9.99. The van der Waals surface area contributed by atoms with Crippen molar-refractivity contribution in [1.82, 2.24) is 0 Å². The summed E-state index contributed by atoms with van der Waals surface area (Å²) in [6, 6.07) is 9.24. The van der Waals surface area contributed by atoms with Gasteiger partial charge in [0.15, 0.2) is 5.96 Å². The van der Waals surface area contributed by atoms with Crippen molar-refractivity contribution in [1.29, 1.82) is 0 Å². The molecule has 0 aromatic heterocycles. The summed E-state index contributed by atoms with van der Waals surface area (Å²) in [7, 11) is 1.62. The Hall–Kier alpha value is -2.56. The Balaban J connectivity index is 2.58. The van der Waals surface area contributed by atoms with Gasteiger partial charge in [0.1, 0.15) is 5.75 Å². The Morgan fingerprint density at radius 1 is 1.21 bits per heavy atom. The number of rotatable bonds is 2. The number of benzene rings is 2. The molecule has 0 saturated carbocycles. The summed E-state index contributed by atoms with van der Waals surface area (Å²) in [4.78, 5) is 15.4. The van der Waals surface area contributed by atoms with Crippen LogP contribution in [0.4, 0.5) is 0 Å². The molecule has 0 spiro atoms. The number of aryl methyl sites for hydroxylation is 1. The van der Waals surface area contributed by atoms with Crippen LogP contribution in [-0.4, -0.2) is 19.0 Å². The zero-order valence-electron chi connectivity index (χ0n) is 10.8. The van der Waals surface area contributed by atoms with Gasteiger partial charge in [-0.2, -0.15) is 4.99 Å². The highest BCUT2D eigenvalue weighted by Crippen LogP contribution is 2.26. The molecule has 2 rings (SSSR count). The van der Waals surface area contributed by atoms with Gasteiger partial charge in [-0.05, 0) is 41.5 Å². The van der Waals surface area contributed by atoms with Crippen LogP contribution in [-0.2, 0) is 0 Å². The predicted molar refractivity (Wildman–Crippen MR) is 75.4 cm³/mol. The fraction of sp³-hybridized carbons (Fsp3) is 0.143. The number of carbonyl (C=O) groups excluding carboxylic acids is 1. The zero-order valence-corrected chi connectivity index (χ0v) is 10.8. The summed E-state index contributed by atoms with van der Waals surface area (Å²) < 4.78 is 5.17. The number of carbonyl (C=O) groups is 1. The molecule has 0 heterocycles. The van der Waals surface area contributed by atoms with E-state index >= 15 is 0 Å². The summed E-state index contributed by atoms with van der Waals surface area (Å²) in [6.45, 7) is 1.87. The smallest absolute Gasteiger partial charge is 0.280 e. The number of ether oxygens (including phenoxy) is 1. The molecule has 0 unspecified atom stereocenters. The molecule has 0 fully saturated rings. The van der Waals surface area contributed by atoms with Crippen LogP contribution in [0.1, 0.15) is 15.9 Å². The maximum Gasteiger partial charge on any atom is 0.280 e. The van der Waals surface area contributed by atoms with E-state index in [0.717, 1.165) is 22.1 Å². The molecule has 5 heteroatoms. The fourth-order valence-electron chi connectivity index (χ4n) is 2.00. The molecule has 0 atom stereocenters. The van der Waals surface area contributed by atoms with E-state index in [-0.39, 0.29) is 5.96 Å². The average Bonchev–Trinajstić information content (AvgIpc) is 2.37. The van der Waals surface area contributed by atoms with Crippen molar-refractivity contribution in [3.63, 3.8) is 0 Å². The Morgan fingerprint density at radius 3 is 2.58 bits per heavy atom. The van der Waals surface area contributed by atoms with Crippen LogP contribution in [0.5, 0.6) is 5.75 Å². The number of guanidine groups is 1. The quantitative estimate of drug-likeness (QED) is 0.631. The highest BCUT2D eigenvalue weighted by molar-refractivity contribution is 6.06. The third-order valence-electron chi connectivity index (χ3n) is 2.96. The van der Waals surface area contributed by atoms with Gasteiger partial charge in [-0.25, -0.2) is 0 Å². The lowest BCUT2D eigenvalue weighted by Gasteiger charge is -2.08. The summed E-state index contributed by atoms with van der Waals surface area (Å²) >= 11 is 0. The molecule has 98 valence electrons. The van der Waals surface area contributed by atoms with Crippen molar-refractivity contribution in [2.45, 2.75) is 6.92 Å². The molecule has 0 aliphatic rings. The minimum Gasteiger partial charge on any atom is -0.497 e. The topological polar surface area (TPSA) is 90.7 Å². The van der Waals surface area contributed by atoms with E-state index in [0.29, 0.717) is 5.56 Å². The van der Waals surface area contributed by atoms with Crippen LogP contribution < -0.4 is 16.2 Å². The fourth-order valence-corrected chi connectivity index (χ4v) is 2.00. The molecular weight excluding hydrogens is 242 g/mol. The average molecular weight is 257 g/mol. The van der Waals surface area contributed by atoms with Gasteiger partial charge in [0, 0.05) is 5.56 Å². The van der Waals surface area contributed by atoms with Crippen LogP contribution in [0.15, 0.2) is 35.3 Å². The number of nitrogens with zero attached hydrogens (tertiary/aromatic N) is 1. The van der Waals surface area contributed by atoms with Crippen LogP contribution in [0.25, 0.3) is 10.8 Å². The Labute approximate surface area is 110 Å². The zero-order chi connectivity index (χ0) is 14.0. The van der Waals surface area contributed by atoms with Crippen LogP contribution in [0.3, 0.4) is 0 Å². The van der Waals surface area contributed by atoms with Gasteiger partial charge < -0.3 is 16.2 Å². The van der Waals surface area contributed by atoms with Gasteiger partial charge in [-0.3, -0.25) is 4.79 Å². The van der Waals surface area contributed by atoms with E-state index in [9.17, 15) is 4.79 Å². The molecule has 5 nitrogen and oxygen atoms in total. The number of hydrogen-bond acceptors (Lipinski definition) is 2. The Morgan fingerprint density at radius 2 is 1.95 bits per heavy atom. The maximum absolute atomic E-state index is 11.9. The lowest BCUT2D eigenvalue weighted by Crippen LogP contribution is -2.24. The van der Waals surface area contributed by atoms with E-state index in [1.807, 2.05) is 31.2 Å². The van der Waals surface area contributed by atoms with Crippen LogP contribution >= 0.6 is 0 Å². The second-order valence-electron chi connectivity index (χ2n) is 4.17. The SMILES string of the molecule is COc1ccc2c(C)c(C(=O)N=C(N)N)ccc2c1. The van der Waals surface area contributed by atoms with Gasteiger partial charge in [-0.15, -0.1) is 0 Å². The molecule has 4 N–H and O–H groups in total. The molecule has 0 saturated heterocycles. The first kappa shape index (κ1) is 12.9. The van der Waals surface area contributed by atoms with Gasteiger partial charge in [-0.1, -0.05) is 12.1 Å². The first-order valence-electron chi connectivity index (χ1n) is 5.74. The van der Waals surface area contributed by atoms with Crippen LogP contribution in [0.2, 0.25) is 0 Å². The van der Waals surface area contributed by atoms with E-state index in [2.05, 4.69) is 4.99 Å². The minimum atomic E-state index is -0.435. The first-order chi connectivity index (χ1) is 9.02. The Bertz CT molecular complexity index is 674. The summed E-state index contributed by atoms with van der Waals surface area (Å²) in [5.74, 6) is 0.102. The number of nitrogens with two attached hydrogens (primary N) is 2. The predicted octanol–water partition coefficient (Wildman–Crippen LogP) is 1.57. The molecular formula is C14H15N3O2. The van der Waals surface area contributed by atoms with Crippen molar-refractivity contribution in [2.75, 3.05) is 7.11 Å². The molecule has 19 heavy (non-hydrogen) atoms. The molecule has 2 aromatic carbocycles. The second kappa shape index (κ2) is 4.97.